The van der Waals surface area contributed by atoms with E-state index in [4.69, 9.17) is 14.4 Å². The van der Waals surface area contributed by atoms with E-state index >= 15 is 0 Å². The number of aromatic nitrogens is 1. The molecule has 2 rings (SSSR count). The van der Waals surface area contributed by atoms with Gasteiger partial charge in [0.15, 0.2) is 0 Å². The van der Waals surface area contributed by atoms with Crippen molar-refractivity contribution in [2.45, 2.75) is 38.7 Å². The van der Waals surface area contributed by atoms with Gasteiger partial charge in [0.05, 0.1) is 24.9 Å². The van der Waals surface area contributed by atoms with Crippen LogP contribution in [0.2, 0.25) is 0 Å². The molecule has 0 radical (unpaired) electrons. The number of aliphatic carboxylic acids is 1. The topological polar surface area (TPSA) is 96.1 Å². The van der Waals surface area contributed by atoms with E-state index < -0.39 is 5.97 Å². The SMILES string of the molecule is CCC(CC)c1cc(C(=O)N2CCOC(CN(C)CC(=O)O)C2)on1. The zero-order valence-corrected chi connectivity index (χ0v) is 15.1. The predicted octanol–water partition coefficient (Wildman–Crippen LogP) is 1.44. The number of amides is 1. The molecule has 1 aliphatic rings. The molecule has 0 bridgehead atoms. The summed E-state index contributed by atoms with van der Waals surface area (Å²) in [4.78, 5) is 26.7. The van der Waals surface area contributed by atoms with Gasteiger partial charge in [0.25, 0.3) is 5.91 Å². The molecule has 0 spiro atoms. The van der Waals surface area contributed by atoms with Crippen molar-refractivity contribution in [3.05, 3.63) is 17.5 Å². The van der Waals surface area contributed by atoms with E-state index in [1.54, 1.807) is 22.9 Å². The van der Waals surface area contributed by atoms with Gasteiger partial charge in [-0.2, -0.15) is 0 Å². The van der Waals surface area contributed by atoms with Crippen molar-refractivity contribution in [1.82, 2.24) is 15.0 Å². The first-order valence-electron chi connectivity index (χ1n) is 8.72. The maximum absolute atomic E-state index is 12.7. The van der Waals surface area contributed by atoms with Crippen molar-refractivity contribution in [3.63, 3.8) is 0 Å². The first-order valence-corrected chi connectivity index (χ1v) is 8.72. The average molecular weight is 353 g/mol. The van der Waals surface area contributed by atoms with Crippen LogP contribution in [0.15, 0.2) is 10.6 Å². The summed E-state index contributed by atoms with van der Waals surface area (Å²) in [7, 11) is 1.72. The minimum atomic E-state index is -0.887. The van der Waals surface area contributed by atoms with Gasteiger partial charge in [-0.15, -0.1) is 0 Å². The van der Waals surface area contributed by atoms with Crippen molar-refractivity contribution >= 4 is 11.9 Å². The fourth-order valence-electron chi connectivity index (χ4n) is 3.10. The lowest BCUT2D eigenvalue weighted by molar-refractivity contribution is -0.138. The van der Waals surface area contributed by atoms with Crippen LogP contribution >= 0.6 is 0 Å². The molecule has 1 amide bonds. The zero-order chi connectivity index (χ0) is 18.4. The third-order valence-electron chi connectivity index (χ3n) is 4.49. The van der Waals surface area contributed by atoms with Gasteiger partial charge < -0.3 is 19.3 Å². The van der Waals surface area contributed by atoms with Crippen LogP contribution in [0.3, 0.4) is 0 Å². The summed E-state index contributed by atoms with van der Waals surface area (Å²) in [6.45, 7) is 5.88. The Morgan fingerprint density at radius 1 is 1.44 bits per heavy atom. The van der Waals surface area contributed by atoms with E-state index in [-0.39, 0.29) is 24.3 Å². The largest absolute Gasteiger partial charge is 0.480 e. The Morgan fingerprint density at radius 3 is 2.80 bits per heavy atom. The molecule has 140 valence electrons. The van der Waals surface area contributed by atoms with Crippen LogP contribution in [0, 0.1) is 0 Å². The monoisotopic (exact) mass is 353 g/mol. The molecule has 1 unspecified atom stereocenters. The first kappa shape index (κ1) is 19.4. The molecule has 1 aromatic rings. The van der Waals surface area contributed by atoms with Gasteiger partial charge in [-0.25, -0.2) is 0 Å². The van der Waals surface area contributed by atoms with Crippen LogP contribution in [0.1, 0.15) is 48.9 Å². The van der Waals surface area contributed by atoms with Crippen LogP contribution in [0.25, 0.3) is 0 Å². The molecule has 1 atom stereocenters. The quantitative estimate of drug-likeness (QED) is 0.755. The highest BCUT2D eigenvalue weighted by Crippen LogP contribution is 2.23. The summed E-state index contributed by atoms with van der Waals surface area (Å²) < 4.78 is 10.9. The maximum atomic E-state index is 12.7. The van der Waals surface area contributed by atoms with Crippen LogP contribution in [-0.2, 0) is 9.53 Å². The highest BCUT2D eigenvalue weighted by atomic mass is 16.5. The Morgan fingerprint density at radius 2 is 2.16 bits per heavy atom. The average Bonchev–Trinajstić information content (AvgIpc) is 3.04. The number of rotatable bonds is 8. The third-order valence-corrected chi connectivity index (χ3v) is 4.49. The number of morpholine rings is 1. The van der Waals surface area contributed by atoms with Gasteiger partial charge in [0, 0.05) is 31.6 Å². The van der Waals surface area contributed by atoms with Gasteiger partial charge in [0.2, 0.25) is 5.76 Å². The van der Waals surface area contributed by atoms with E-state index in [2.05, 4.69) is 19.0 Å². The van der Waals surface area contributed by atoms with Crippen LogP contribution in [0.5, 0.6) is 0 Å². The smallest absolute Gasteiger partial charge is 0.317 e. The van der Waals surface area contributed by atoms with Crippen LogP contribution < -0.4 is 0 Å². The number of carboxylic acid groups (broad SMARTS) is 1. The number of likely N-dealkylation sites (N-methyl/N-ethyl adjacent to an activating group) is 1. The molecule has 8 nitrogen and oxygen atoms in total. The molecule has 25 heavy (non-hydrogen) atoms. The Hall–Kier alpha value is -1.93. The number of nitrogens with zero attached hydrogens (tertiary/aromatic N) is 3. The fourth-order valence-corrected chi connectivity index (χ4v) is 3.10. The minimum Gasteiger partial charge on any atom is -0.480 e. The molecule has 2 heterocycles. The summed E-state index contributed by atoms with van der Waals surface area (Å²) in [5.74, 6) is -0.533. The molecule has 1 N–H and O–H groups in total. The van der Waals surface area contributed by atoms with E-state index in [9.17, 15) is 9.59 Å². The summed E-state index contributed by atoms with van der Waals surface area (Å²) >= 11 is 0. The summed E-state index contributed by atoms with van der Waals surface area (Å²) in [6, 6.07) is 1.74. The predicted molar refractivity (Wildman–Crippen MR) is 90.6 cm³/mol. The zero-order valence-electron chi connectivity index (χ0n) is 15.1. The molecule has 1 aromatic heterocycles. The second-order valence-electron chi connectivity index (χ2n) is 6.46. The minimum absolute atomic E-state index is 0.0608. The normalized spacial score (nSPS) is 18.1. The highest BCUT2D eigenvalue weighted by Gasteiger charge is 2.28. The lowest BCUT2D eigenvalue weighted by atomic mass is 9.99. The number of ether oxygens (including phenoxy) is 1. The standard InChI is InChI=1S/C17H27N3O5/c1-4-12(5-2)14-8-15(25-18-14)17(23)20-6-7-24-13(10-20)9-19(3)11-16(21)22/h8,12-13H,4-7,9-11H2,1-3H3,(H,21,22). The molecule has 0 aliphatic carbocycles. The Balaban J connectivity index is 1.96. The van der Waals surface area contributed by atoms with Gasteiger partial charge in [-0.1, -0.05) is 19.0 Å². The van der Waals surface area contributed by atoms with E-state index in [1.807, 2.05) is 0 Å². The third kappa shape index (κ3) is 5.27. The van der Waals surface area contributed by atoms with Crippen molar-refractivity contribution in [2.75, 3.05) is 39.8 Å². The van der Waals surface area contributed by atoms with Crippen molar-refractivity contribution < 1.29 is 24.0 Å². The molecule has 1 aliphatic heterocycles. The van der Waals surface area contributed by atoms with Crippen LogP contribution in [0.4, 0.5) is 0 Å². The Bertz CT molecular complexity index is 585. The number of carboxylic acids is 1. The fraction of sp³-hybridized carbons (Fsp3) is 0.706. The summed E-state index contributed by atoms with van der Waals surface area (Å²) in [5.41, 5.74) is 0.819. The van der Waals surface area contributed by atoms with E-state index in [0.29, 0.717) is 32.2 Å². The lowest BCUT2D eigenvalue weighted by Crippen LogP contribution is -2.49. The summed E-state index contributed by atoms with van der Waals surface area (Å²) in [5, 5.41) is 12.9. The second-order valence-corrected chi connectivity index (χ2v) is 6.46. The molecule has 1 saturated heterocycles. The number of carbonyl (C=O) groups is 2. The maximum Gasteiger partial charge on any atom is 0.317 e. The molecule has 0 aromatic carbocycles. The van der Waals surface area contributed by atoms with Gasteiger partial charge in [-0.3, -0.25) is 14.5 Å². The van der Waals surface area contributed by atoms with Gasteiger partial charge in [-0.05, 0) is 19.9 Å². The first-order chi connectivity index (χ1) is 11.9. The van der Waals surface area contributed by atoms with E-state index in [0.717, 1.165) is 18.5 Å². The summed E-state index contributed by atoms with van der Waals surface area (Å²) in [6.07, 6.45) is 1.68. The molecule has 0 saturated carbocycles. The molecular formula is C17H27N3O5. The van der Waals surface area contributed by atoms with E-state index in [1.165, 1.54) is 0 Å². The molecular weight excluding hydrogens is 326 g/mol. The van der Waals surface area contributed by atoms with Crippen molar-refractivity contribution in [3.8, 4) is 0 Å². The van der Waals surface area contributed by atoms with Crippen molar-refractivity contribution in [1.29, 1.82) is 0 Å². The molecule has 1 fully saturated rings. The second kappa shape index (κ2) is 8.96. The number of hydrogen-bond acceptors (Lipinski definition) is 6. The lowest BCUT2D eigenvalue weighted by Gasteiger charge is -2.34. The highest BCUT2D eigenvalue weighted by molar-refractivity contribution is 5.91. The van der Waals surface area contributed by atoms with Crippen LogP contribution in [-0.4, -0.2) is 77.9 Å². The number of carbonyl (C=O) groups excluding carboxylic acids is 1. The van der Waals surface area contributed by atoms with Gasteiger partial charge >= 0.3 is 5.97 Å². The van der Waals surface area contributed by atoms with Crippen molar-refractivity contribution in [2.24, 2.45) is 0 Å². The Kier molecular flexibility index (Phi) is 6.95. The molecule has 8 heteroatoms. The number of hydrogen-bond donors (Lipinski definition) is 1. The Labute approximate surface area is 147 Å². The van der Waals surface area contributed by atoms with Gasteiger partial charge in [0.1, 0.15) is 0 Å².